The molecule has 0 heterocycles. The zero-order valence-corrected chi connectivity index (χ0v) is 8.58. The molecule has 74 valence electrons. The van der Waals surface area contributed by atoms with E-state index in [0.717, 1.165) is 5.70 Å². The molecule has 1 aliphatic carbocycles. The molecule has 0 aromatic rings. The molecule has 0 saturated heterocycles. The lowest BCUT2D eigenvalue weighted by Gasteiger charge is -2.12. The average Bonchev–Trinajstić information content (AvgIpc) is 2.28. The average molecular weight is 189 g/mol. The third-order valence-electron chi connectivity index (χ3n) is 1.95. The van der Waals surface area contributed by atoms with Gasteiger partial charge in [-0.05, 0) is 18.2 Å². The summed E-state index contributed by atoms with van der Waals surface area (Å²) in [6, 6.07) is 0. The highest BCUT2D eigenvalue weighted by molar-refractivity contribution is 5.88. The van der Waals surface area contributed by atoms with Gasteiger partial charge in [0.05, 0.1) is 0 Å². The van der Waals surface area contributed by atoms with E-state index in [9.17, 15) is 4.79 Å². The van der Waals surface area contributed by atoms with Gasteiger partial charge in [0.1, 0.15) is 0 Å². The van der Waals surface area contributed by atoms with Crippen molar-refractivity contribution in [2.45, 2.75) is 13.8 Å². The fourth-order valence-corrected chi connectivity index (χ4v) is 1.09. The van der Waals surface area contributed by atoms with Gasteiger partial charge in [0.15, 0.2) is 0 Å². The molecule has 1 amide bonds. The maximum absolute atomic E-state index is 11.0. The Hall–Kier alpha value is -1.57. The SMILES string of the molecule is C=CC(=O)NC1=CC=CC(C)(C)C=C1. The molecule has 0 aromatic carbocycles. The first-order valence-corrected chi connectivity index (χ1v) is 4.56. The van der Waals surface area contributed by atoms with Crippen molar-refractivity contribution in [1.29, 1.82) is 0 Å². The summed E-state index contributed by atoms with van der Waals surface area (Å²) in [4.78, 5) is 11.0. The van der Waals surface area contributed by atoms with Crippen LogP contribution in [0.3, 0.4) is 0 Å². The minimum absolute atomic E-state index is 0.0388. The van der Waals surface area contributed by atoms with Crippen molar-refractivity contribution in [1.82, 2.24) is 5.32 Å². The predicted molar refractivity (Wildman–Crippen MR) is 58.5 cm³/mol. The Labute approximate surface area is 84.7 Å². The lowest BCUT2D eigenvalue weighted by Crippen LogP contribution is -2.18. The Balaban J connectivity index is 2.75. The first kappa shape index (κ1) is 10.5. The Morgan fingerprint density at radius 2 is 2.21 bits per heavy atom. The molecule has 0 bridgehead atoms. The van der Waals surface area contributed by atoms with Crippen LogP contribution in [0.5, 0.6) is 0 Å². The second kappa shape index (κ2) is 4.09. The highest BCUT2D eigenvalue weighted by Gasteiger charge is 2.10. The molecule has 1 N–H and O–H groups in total. The zero-order valence-electron chi connectivity index (χ0n) is 8.58. The van der Waals surface area contributed by atoms with Crippen LogP contribution in [-0.4, -0.2) is 5.91 Å². The zero-order chi connectivity index (χ0) is 10.6. The molecule has 0 aliphatic heterocycles. The van der Waals surface area contributed by atoms with E-state index in [2.05, 4.69) is 31.8 Å². The Kier molecular flexibility index (Phi) is 3.07. The summed E-state index contributed by atoms with van der Waals surface area (Å²) in [5, 5.41) is 2.71. The largest absolute Gasteiger partial charge is 0.323 e. The van der Waals surface area contributed by atoms with Crippen molar-refractivity contribution in [3.63, 3.8) is 0 Å². The third kappa shape index (κ3) is 3.05. The number of nitrogens with one attached hydrogen (secondary N) is 1. The summed E-state index contributed by atoms with van der Waals surface area (Å²) in [6.07, 6.45) is 11.1. The number of carbonyl (C=O) groups is 1. The number of hydrogen-bond acceptors (Lipinski definition) is 1. The second-order valence-corrected chi connectivity index (χ2v) is 3.83. The van der Waals surface area contributed by atoms with E-state index in [1.807, 2.05) is 24.3 Å². The summed E-state index contributed by atoms with van der Waals surface area (Å²) in [7, 11) is 0. The third-order valence-corrected chi connectivity index (χ3v) is 1.95. The van der Waals surface area contributed by atoms with Gasteiger partial charge in [0.25, 0.3) is 0 Å². The summed E-state index contributed by atoms with van der Waals surface area (Å²) in [5.74, 6) is -0.186. The number of allylic oxidation sites excluding steroid dienone is 5. The van der Waals surface area contributed by atoms with E-state index < -0.39 is 0 Å². The van der Waals surface area contributed by atoms with Gasteiger partial charge in [-0.25, -0.2) is 0 Å². The molecular formula is C12H15NO. The molecule has 0 saturated carbocycles. The first-order chi connectivity index (χ1) is 6.53. The van der Waals surface area contributed by atoms with Crippen LogP contribution < -0.4 is 5.32 Å². The van der Waals surface area contributed by atoms with Gasteiger partial charge in [0, 0.05) is 11.1 Å². The van der Waals surface area contributed by atoms with Crippen LogP contribution in [0.2, 0.25) is 0 Å². The minimum Gasteiger partial charge on any atom is -0.323 e. The van der Waals surface area contributed by atoms with Crippen LogP contribution in [0, 0.1) is 5.41 Å². The molecule has 0 spiro atoms. The summed E-state index contributed by atoms with van der Waals surface area (Å²) < 4.78 is 0. The summed E-state index contributed by atoms with van der Waals surface area (Å²) in [5.41, 5.74) is 0.827. The molecule has 0 atom stereocenters. The molecule has 1 aliphatic rings. The smallest absolute Gasteiger partial charge is 0.247 e. The highest BCUT2D eigenvalue weighted by Crippen LogP contribution is 2.21. The highest BCUT2D eigenvalue weighted by atomic mass is 16.1. The van der Waals surface area contributed by atoms with Gasteiger partial charge in [-0.1, -0.05) is 38.7 Å². The van der Waals surface area contributed by atoms with Crippen molar-refractivity contribution in [2.75, 3.05) is 0 Å². The topological polar surface area (TPSA) is 29.1 Å². The van der Waals surface area contributed by atoms with Gasteiger partial charge in [0.2, 0.25) is 5.91 Å². The number of rotatable bonds is 2. The van der Waals surface area contributed by atoms with Crippen molar-refractivity contribution < 1.29 is 4.79 Å². The predicted octanol–water partition coefficient (Wildman–Crippen LogP) is 2.32. The lowest BCUT2D eigenvalue weighted by atomic mass is 9.93. The van der Waals surface area contributed by atoms with Gasteiger partial charge >= 0.3 is 0 Å². The molecule has 0 radical (unpaired) electrons. The Morgan fingerprint density at radius 3 is 2.86 bits per heavy atom. The lowest BCUT2D eigenvalue weighted by molar-refractivity contribution is -0.115. The quantitative estimate of drug-likeness (QED) is 0.664. The van der Waals surface area contributed by atoms with E-state index in [-0.39, 0.29) is 11.3 Å². The van der Waals surface area contributed by atoms with Crippen LogP contribution >= 0.6 is 0 Å². The van der Waals surface area contributed by atoms with E-state index in [0.29, 0.717) is 0 Å². The van der Waals surface area contributed by atoms with Gasteiger partial charge in [-0.3, -0.25) is 4.79 Å². The standard InChI is InChI=1S/C12H15NO/c1-4-11(14)13-10-6-5-8-12(2,3)9-7-10/h4-9H,1H2,2-3H3,(H,13,14). The summed E-state index contributed by atoms with van der Waals surface area (Å²) in [6.45, 7) is 7.60. The molecule has 2 heteroatoms. The summed E-state index contributed by atoms with van der Waals surface area (Å²) >= 11 is 0. The maximum atomic E-state index is 11.0. The van der Waals surface area contributed by atoms with Crippen molar-refractivity contribution >= 4 is 5.91 Å². The van der Waals surface area contributed by atoms with E-state index in [1.54, 1.807) is 0 Å². The first-order valence-electron chi connectivity index (χ1n) is 4.56. The van der Waals surface area contributed by atoms with Crippen molar-refractivity contribution in [2.24, 2.45) is 5.41 Å². The van der Waals surface area contributed by atoms with Crippen LogP contribution in [0.1, 0.15) is 13.8 Å². The molecular weight excluding hydrogens is 174 g/mol. The van der Waals surface area contributed by atoms with Crippen LogP contribution in [0.25, 0.3) is 0 Å². The minimum atomic E-state index is -0.186. The normalized spacial score (nSPS) is 18.3. The Morgan fingerprint density at radius 1 is 1.50 bits per heavy atom. The maximum Gasteiger partial charge on any atom is 0.247 e. The fourth-order valence-electron chi connectivity index (χ4n) is 1.09. The molecule has 0 unspecified atom stereocenters. The second-order valence-electron chi connectivity index (χ2n) is 3.83. The molecule has 1 rings (SSSR count). The number of amides is 1. The van der Waals surface area contributed by atoms with Gasteiger partial charge < -0.3 is 5.32 Å². The van der Waals surface area contributed by atoms with E-state index in [1.165, 1.54) is 6.08 Å². The van der Waals surface area contributed by atoms with Crippen LogP contribution in [-0.2, 0) is 4.79 Å². The molecule has 0 aromatic heterocycles. The van der Waals surface area contributed by atoms with Crippen molar-refractivity contribution in [3.05, 3.63) is 48.7 Å². The van der Waals surface area contributed by atoms with Gasteiger partial charge in [-0.2, -0.15) is 0 Å². The van der Waals surface area contributed by atoms with E-state index in [4.69, 9.17) is 0 Å². The molecule has 2 nitrogen and oxygen atoms in total. The van der Waals surface area contributed by atoms with Crippen LogP contribution in [0.4, 0.5) is 0 Å². The van der Waals surface area contributed by atoms with E-state index >= 15 is 0 Å². The molecule has 0 fully saturated rings. The number of hydrogen-bond donors (Lipinski definition) is 1. The number of carbonyl (C=O) groups excluding carboxylic acids is 1. The van der Waals surface area contributed by atoms with Crippen LogP contribution in [0.15, 0.2) is 48.7 Å². The molecule has 14 heavy (non-hydrogen) atoms. The van der Waals surface area contributed by atoms with Crippen molar-refractivity contribution in [3.8, 4) is 0 Å². The Bertz CT molecular complexity index is 332. The van der Waals surface area contributed by atoms with Gasteiger partial charge in [-0.15, -0.1) is 0 Å². The monoisotopic (exact) mass is 189 g/mol. The fraction of sp³-hybridized carbons (Fsp3) is 0.250.